The molecule has 0 aliphatic heterocycles. The SMILES string of the molecule is c1ccc(-n2c3ccccc3c3c4c5ccccc5c(-c5ccc(-c6ccc7c8ccccc8c8ccccc8c7c6)cc5)cc4c4ccccc4c32)cc1. The molecular formula is C54H33N. The maximum Gasteiger partial charge on any atom is 0.0626 e. The van der Waals surface area contributed by atoms with Gasteiger partial charge in [-0.25, -0.2) is 0 Å². The highest BCUT2D eigenvalue weighted by Gasteiger charge is 2.21. The van der Waals surface area contributed by atoms with Crippen LogP contribution in [0.4, 0.5) is 0 Å². The Morgan fingerprint density at radius 3 is 1.40 bits per heavy atom. The number of hydrogen-bond donors (Lipinski definition) is 0. The first-order chi connectivity index (χ1) is 27.3. The molecule has 0 saturated carbocycles. The first-order valence-corrected chi connectivity index (χ1v) is 19.1. The van der Waals surface area contributed by atoms with E-state index in [1.54, 1.807) is 0 Å². The Hall–Kier alpha value is -7.22. The van der Waals surface area contributed by atoms with Gasteiger partial charge in [0.1, 0.15) is 0 Å². The zero-order chi connectivity index (χ0) is 36.0. The Bertz CT molecular complexity index is 3480. The molecule has 1 heterocycles. The highest BCUT2D eigenvalue weighted by molar-refractivity contribution is 6.38. The molecule has 0 atom stereocenters. The minimum atomic E-state index is 1.17. The number of fused-ring (bicyclic) bond motifs is 16. The summed E-state index contributed by atoms with van der Waals surface area (Å²) >= 11 is 0. The van der Waals surface area contributed by atoms with E-state index in [1.165, 1.54) is 114 Å². The van der Waals surface area contributed by atoms with Crippen molar-refractivity contribution in [3.63, 3.8) is 0 Å². The van der Waals surface area contributed by atoms with Crippen molar-refractivity contribution in [3.05, 3.63) is 200 Å². The van der Waals surface area contributed by atoms with Gasteiger partial charge in [0.25, 0.3) is 0 Å². The molecule has 0 amide bonds. The lowest BCUT2D eigenvalue weighted by Crippen LogP contribution is -1.94. The molecule has 0 bridgehead atoms. The third-order valence-corrected chi connectivity index (χ3v) is 11.9. The summed E-state index contributed by atoms with van der Waals surface area (Å²) < 4.78 is 2.46. The van der Waals surface area contributed by atoms with E-state index in [0.29, 0.717) is 0 Å². The van der Waals surface area contributed by atoms with Crippen LogP contribution in [0.3, 0.4) is 0 Å². The second kappa shape index (κ2) is 11.6. The molecule has 1 heteroatoms. The van der Waals surface area contributed by atoms with Crippen LogP contribution in [0.15, 0.2) is 200 Å². The molecule has 0 N–H and O–H groups in total. The Morgan fingerprint density at radius 1 is 0.255 bits per heavy atom. The van der Waals surface area contributed by atoms with Crippen LogP contribution in [0, 0.1) is 0 Å². The van der Waals surface area contributed by atoms with E-state index in [0.717, 1.165) is 0 Å². The fraction of sp³-hybridized carbons (Fsp3) is 0. The fourth-order valence-electron chi connectivity index (χ4n) is 9.54. The van der Waals surface area contributed by atoms with Crippen LogP contribution < -0.4 is 0 Å². The van der Waals surface area contributed by atoms with Gasteiger partial charge in [-0.05, 0) is 106 Å². The normalized spacial score (nSPS) is 12.0. The van der Waals surface area contributed by atoms with Crippen LogP contribution in [-0.2, 0) is 0 Å². The Morgan fingerprint density at radius 2 is 0.727 bits per heavy atom. The smallest absolute Gasteiger partial charge is 0.0626 e. The lowest BCUT2D eigenvalue weighted by Gasteiger charge is -2.16. The van der Waals surface area contributed by atoms with Gasteiger partial charge < -0.3 is 4.57 Å². The Kier molecular flexibility index (Phi) is 6.40. The summed E-state index contributed by atoms with van der Waals surface area (Å²) in [6.45, 7) is 0. The maximum atomic E-state index is 2.46. The van der Waals surface area contributed by atoms with Crippen LogP contribution in [0.2, 0.25) is 0 Å². The highest BCUT2D eigenvalue weighted by atomic mass is 15.0. The van der Waals surface area contributed by atoms with Gasteiger partial charge in [0, 0.05) is 27.2 Å². The van der Waals surface area contributed by atoms with E-state index in [2.05, 4.69) is 205 Å². The van der Waals surface area contributed by atoms with Crippen molar-refractivity contribution < 1.29 is 0 Å². The molecule has 1 nitrogen and oxygen atoms in total. The summed E-state index contributed by atoms with van der Waals surface area (Å²) in [6.07, 6.45) is 0. The number of nitrogens with zero attached hydrogens (tertiary/aromatic N) is 1. The monoisotopic (exact) mass is 695 g/mol. The maximum absolute atomic E-state index is 2.46. The predicted molar refractivity (Wildman–Crippen MR) is 237 cm³/mol. The average Bonchev–Trinajstić information content (AvgIpc) is 3.62. The summed E-state index contributed by atoms with van der Waals surface area (Å²) in [5.74, 6) is 0. The van der Waals surface area contributed by atoms with Crippen molar-refractivity contribution in [2.45, 2.75) is 0 Å². The lowest BCUT2D eigenvalue weighted by molar-refractivity contribution is 1.19. The second-order valence-corrected chi connectivity index (χ2v) is 14.8. The molecule has 12 rings (SSSR count). The second-order valence-electron chi connectivity index (χ2n) is 14.8. The molecule has 12 aromatic rings. The average molecular weight is 696 g/mol. The van der Waals surface area contributed by atoms with Crippen molar-refractivity contribution in [2.24, 2.45) is 0 Å². The van der Waals surface area contributed by atoms with Crippen LogP contribution in [0.5, 0.6) is 0 Å². The van der Waals surface area contributed by atoms with Crippen LogP contribution >= 0.6 is 0 Å². The van der Waals surface area contributed by atoms with Gasteiger partial charge in [-0.2, -0.15) is 0 Å². The Labute approximate surface area is 317 Å². The number of hydrogen-bond acceptors (Lipinski definition) is 0. The highest BCUT2D eigenvalue weighted by Crippen LogP contribution is 2.47. The van der Waals surface area contributed by atoms with E-state index in [1.807, 2.05) is 0 Å². The van der Waals surface area contributed by atoms with Gasteiger partial charge in [0.05, 0.1) is 11.0 Å². The van der Waals surface area contributed by atoms with Gasteiger partial charge in [0.2, 0.25) is 0 Å². The zero-order valence-corrected chi connectivity index (χ0v) is 30.0. The third-order valence-electron chi connectivity index (χ3n) is 11.9. The third kappa shape index (κ3) is 4.35. The number of rotatable bonds is 3. The summed E-state index contributed by atoms with van der Waals surface area (Å²) in [4.78, 5) is 0. The molecule has 55 heavy (non-hydrogen) atoms. The molecule has 0 aliphatic rings. The predicted octanol–water partition coefficient (Wildman–Crippen LogP) is 15.0. The van der Waals surface area contributed by atoms with Crippen LogP contribution in [-0.4, -0.2) is 4.57 Å². The first-order valence-electron chi connectivity index (χ1n) is 19.1. The molecule has 1 aromatic heterocycles. The van der Waals surface area contributed by atoms with Crippen LogP contribution in [0.25, 0.3) is 114 Å². The molecule has 0 unspecified atom stereocenters. The molecule has 0 fully saturated rings. The first kappa shape index (κ1) is 30.3. The fourth-order valence-corrected chi connectivity index (χ4v) is 9.54. The summed E-state index contributed by atoms with van der Waals surface area (Å²) in [5.41, 5.74) is 8.57. The molecular weight excluding hydrogens is 663 g/mol. The number of aromatic nitrogens is 1. The summed E-state index contributed by atoms with van der Waals surface area (Å²) in [5, 5.41) is 18.0. The van der Waals surface area contributed by atoms with Crippen LogP contribution in [0.1, 0.15) is 0 Å². The van der Waals surface area contributed by atoms with E-state index in [9.17, 15) is 0 Å². The van der Waals surface area contributed by atoms with Crippen molar-refractivity contribution >= 4 is 86.4 Å². The Balaban J connectivity index is 1.09. The number of benzene rings is 11. The molecule has 0 saturated heterocycles. The minimum Gasteiger partial charge on any atom is -0.309 e. The molecule has 0 spiro atoms. The summed E-state index contributed by atoms with van der Waals surface area (Å²) in [7, 11) is 0. The topological polar surface area (TPSA) is 4.93 Å². The lowest BCUT2D eigenvalue weighted by atomic mass is 9.88. The van der Waals surface area contributed by atoms with Gasteiger partial charge in [-0.3, -0.25) is 0 Å². The molecule has 11 aromatic carbocycles. The zero-order valence-electron chi connectivity index (χ0n) is 30.0. The largest absolute Gasteiger partial charge is 0.309 e. The number of para-hydroxylation sites is 2. The van der Waals surface area contributed by atoms with Gasteiger partial charge in [-0.1, -0.05) is 170 Å². The van der Waals surface area contributed by atoms with Gasteiger partial charge in [-0.15, -0.1) is 0 Å². The van der Waals surface area contributed by atoms with Crippen molar-refractivity contribution in [3.8, 4) is 27.9 Å². The molecule has 254 valence electrons. The van der Waals surface area contributed by atoms with Crippen molar-refractivity contribution in [1.29, 1.82) is 0 Å². The van der Waals surface area contributed by atoms with Crippen molar-refractivity contribution in [2.75, 3.05) is 0 Å². The molecule has 0 radical (unpaired) electrons. The summed E-state index contributed by atoms with van der Waals surface area (Å²) in [6, 6.07) is 73.9. The van der Waals surface area contributed by atoms with E-state index >= 15 is 0 Å². The van der Waals surface area contributed by atoms with Gasteiger partial charge >= 0.3 is 0 Å². The minimum absolute atomic E-state index is 1.17. The van der Waals surface area contributed by atoms with Crippen molar-refractivity contribution in [1.82, 2.24) is 4.57 Å². The van der Waals surface area contributed by atoms with E-state index < -0.39 is 0 Å². The van der Waals surface area contributed by atoms with Gasteiger partial charge in [0.15, 0.2) is 0 Å². The molecule has 0 aliphatic carbocycles. The quantitative estimate of drug-likeness (QED) is 0.162. The standard InChI is InChI=1S/C54H33N/c1-2-14-37(15-3-1)55-51-25-13-12-24-47(51)53-52-45-22-10-8-20-42(45)48(33-50(52)43-21-9-11-23-46(43)54(53)55)35-28-26-34(27-29-35)36-30-31-44-40-18-5-4-16-38(40)39-17-6-7-19-41(39)49(44)32-36/h1-33H. The van der Waals surface area contributed by atoms with E-state index in [-0.39, 0.29) is 0 Å². The van der Waals surface area contributed by atoms with E-state index in [4.69, 9.17) is 0 Å².